The Hall–Kier alpha value is -2.11. The van der Waals surface area contributed by atoms with E-state index in [1.165, 1.54) is 0 Å². The second-order valence-electron chi connectivity index (χ2n) is 5.62. The van der Waals surface area contributed by atoms with E-state index in [4.69, 9.17) is 5.73 Å². The molecule has 1 unspecified atom stereocenters. The van der Waals surface area contributed by atoms with Crippen LogP contribution in [-0.2, 0) is 4.79 Å². The predicted molar refractivity (Wildman–Crippen MR) is 81.1 cm³/mol. The Morgan fingerprint density at radius 3 is 2.71 bits per heavy atom. The van der Waals surface area contributed by atoms with Crippen molar-refractivity contribution < 1.29 is 9.59 Å². The highest BCUT2D eigenvalue weighted by atomic mass is 16.2. The number of primary amides is 1. The van der Waals surface area contributed by atoms with Gasteiger partial charge in [0.25, 0.3) is 5.91 Å². The van der Waals surface area contributed by atoms with E-state index in [2.05, 4.69) is 4.98 Å². The van der Waals surface area contributed by atoms with Crippen molar-refractivity contribution in [2.75, 3.05) is 25.5 Å². The number of pyridine rings is 1. The highest BCUT2D eigenvalue weighted by Gasteiger charge is 2.28. The van der Waals surface area contributed by atoms with Gasteiger partial charge in [0.1, 0.15) is 5.82 Å². The summed E-state index contributed by atoms with van der Waals surface area (Å²) in [7, 11) is 3.80. The number of anilines is 1. The number of amides is 2. The van der Waals surface area contributed by atoms with Crippen LogP contribution in [0.3, 0.4) is 0 Å². The summed E-state index contributed by atoms with van der Waals surface area (Å²) in [6.07, 6.45) is 4.64. The molecule has 1 saturated heterocycles. The average molecular weight is 290 g/mol. The lowest BCUT2D eigenvalue weighted by Gasteiger charge is -2.35. The molecule has 114 valence electrons. The van der Waals surface area contributed by atoms with E-state index in [9.17, 15) is 9.59 Å². The molecule has 2 amide bonds. The van der Waals surface area contributed by atoms with Gasteiger partial charge in [0.05, 0.1) is 5.56 Å². The lowest BCUT2D eigenvalue weighted by molar-refractivity contribution is -0.119. The van der Waals surface area contributed by atoms with Crippen LogP contribution in [0.15, 0.2) is 18.3 Å². The molecule has 1 aliphatic heterocycles. The van der Waals surface area contributed by atoms with E-state index >= 15 is 0 Å². The minimum absolute atomic E-state index is 0.0706. The zero-order chi connectivity index (χ0) is 15.4. The first kappa shape index (κ1) is 15.3. The molecule has 1 aliphatic rings. The van der Waals surface area contributed by atoms with Gasteiger partial charge in [-0.05, 0) is 31.4 Å². The van der Waals surface area contributed by atoms with Crippen molar-refractivity contribution in [3.05, 3.63) is 23.9 Å². The molecule has 2 rings (SSSR count). The van der Waals surface area contributed by atoms with E-state index in [0.717, 1.165) is 25.1 Å². The van der Waals surface area contributed by atoms with Gasteiger partial charge in [-0.15, -0.1) is 0 Å². The molecule has 0 bridgehead atoms. The molecule has 2 heterocycles. The molecule has 0 spiro atoms. The van der Waals surface area contributed by atoms with Crippen LogP contribution in [-0.4, -0.2) is 48.4 Å². The number of aromatic nitrogens is 1. The topological polar surface area (TPSA) is 79.5 Å². The summed E-state index contributed by atoms with van der Waals surface area (Å²) in [5.74, 6) is 0.374. The molecule has 0 radical (unpaired) electrons. The van der Waals surface area contributed by atoms with Gasteiger partial charge in [0.2, 0.25) is 5.91 Å². The molecular formula is C15H22N4O2. The number of nitrogens with two attached hydrogens (primary N) is 1. The van der Waals surface area contributed by atoms with Crippen molar-refractivity contribution in [1.29, 1.82) is 0 Å². The number of carbonyl (C=O) groups is 2. The van der Waals surface area contributed by atoms with E-state index < -0.39 is 0 Å². The Morgan fingerprint density at radius 1 is 1.38 bits per heavy atom. The number of hydrogen-bond acceptors (Lipinski definition) is 4. The maximum Gasteiger partial charge on any atom is 0.255 e. The molecule has 0 aromatic carbocycles. The number of likely N-dealkylation sites (tertiary alicyclic amines) is 1. The van der Waals surface area contributed by atoms with Crippen LogP contribution in [0.5, 0.6) is 0 Å². The van der Waals surface area contributed by atoms with Crippen LogP contribution < -0.4 is 10.6 Å². The Balaban J connectivity index is 2.14. The largest absolute Gasteiger partial charge is 0.370 e. The van der Waals surface area contributed by atoms with Crippen LogP contribution >= 0.6 is 0 Å². The summed E-state index contributed by atoms with van der Waals surface area (Å²) in [5, 5.41) is 0. The van der Waals surface area contributed by atoms with Gasteiger partial charge in [-0.1, -0.05) is 0 Å². The minimum atomic E-state index is -0.360. The van der Waals surface area contributed by atoms with Crippen molar-refractivity contribution in [2.45, 2.75) is 31.7 Å². The van der Waals surface area contributed by atoms with Gasteiger partial charge in [0, 0.05) is 39.3 Å². The van der Waals surface area contributed by atoms with E-state index in [1.54, 1.807) is 17.2 Å². The zero-order valence-corrected chi connectivity index (χ0v) is 12.6. The van der Waals surface area contributed by atoms with Crippen LogP contribution in [0, 0.1) is 0 Å². The molecule has 0 aliphatic carbocycles. The zero-order valence-electron chi connectivity index (χ0n) is 12.6. The van der Waals surface area contributed by atoms with Crippen LogP contribution in [0.25, 0.3) is 0 Å². The van der Waals surface area contributed by atoms with Gasteiger partial charge < -0.3 is 15.5 Å². The van der Waals surface area contributed by atoms with Crippen molar-refractivity contribution in [2.24, 2.45) is 5.73 Å². The number of carbonyl (C=O) groups excluding carboxylic acids is 2. The van der Waals surface area contributed by atoms with Gasteiger partial charge in [0.15, 0.2) is 0 Å². The second-order valence-corrected chi connectivity index (χ2v) is 5.62. The summed E-state index contributed by atoms with van der Waals surface area (Å²) in [5.41, 5.74) is 5.84. The standard InChI is InChI=1S/C15H22N4O2/c1-18(2)14-7-6-11(10-17-14)15(21)19-8-4-3-5-12(19)9-13(16)20/h6-7,10,12H,3-5,8-9H2,1-2H3,(H2,16,20). The van der Waals surface area contributed by atoms with Crippen LogP contribution in [0.1, 0.15) is 36.0 Å². The van der Waals surface area contributed by atoms with E-state index in [-0.39, 0.29) is 24.3 Å². The fourth-order valence-corrected chi connectivity index (χ4v) is 2.66. The van der Waals surface area contributed by atoms with Crippen molar-refractivity contribution in [3.63, 3.8) is 0 Å². The quantitative estimate of drug-likeness (QED) is 0.897. The molecule has 1 fully saturated rings. The molecule has 2 N–H and O–H groups in total. The predicted octanol–water partition coefficient (Wildman–Crippen LogP) is 1.02. The number of nitrogens with zero attached hydrogens (tertiary/aromatic N) is 3. The Morgan fingerprint density at radius 2 is 2.14 bits per heavy atom. The summed E-state index contributed by atoms with van der Waals surface area (Å²) < 4.78 is 0. The van der Waals surface area contributed by atoms with Crippen molar-refractivity contribution >= 4 is 17.6 Å². The molecular weight excluding hydrogens is 268 g/mol. The molecule has 21 heavy (non-hydrogen) atoms. The smallest absolute Gasteiger partial charge is 0.255 e. The molecule has 1 aromatic rings. The lowest BCUT2D eigenvalue weighted by Crippen LogP contribution is -2.45. The van der Waals surface area contributed by atoms with Crippen LogP contribution in [0.2, 0.25) is 0 Å². The number of piperidine rings is 1. The highest BCUT2D eigenvalue weighted by molar-refractivity contribution is 5.94. The van der Waals surface area contributed by atoms with Gasteiger partial charge in [-0.25, -0.2) is 4.98 Å². The minimum Gasteiger partial charge on any atom is -0.370 e. The number of rotatable bonds is 4. The SMILES string of the molecule is CN(C)c1ccc(C(=O)N2CCCCC2CC(N)=O)cn1. The highest BCUT2D eigenvalue weighted by Crippen LogP contribution is 2.22. The van der Waals surface area contributed by atoms with E-state index in [1.807, 2.05) is 25.1 Å². The third-order valence-corrected chi connectivity index (χ3v) is 3.78. The summed E-state index contributed by atoms with van der Waals surface area (Å²) in [4.78, 5) is 31.7. The summed E-state index contributed by atoms with van der Waals surface area (Å²) >= 11 is 0. The monoisotopic (exact) mass is 290 g/mol. The second kappa shape index (κ2) is 6.56. The van der Waals surface area contributed by atoms with Gasteiger partial charge in [-0.2, -0.15) is 0 Å². The maximum absolute atomic E-state index is 12.6. The molecule has 1 aromatic heterocycles. The fraction of sp³-hybridized carbons (Fsp3) is 0.533. The Kier molecular flexibility index (Phi) is 4.77. The Bertz CT molecular complexity index is 513. The fourth-order valence-electron chi connectivity index (χ4n) is 2.66. The first-order chi connectivity index (χ1) is 9.99. The van der Waals surface area contributed by atoms with Crippen molar-refractivity contribution in [3.8, 4) is 0 Å². The maximum atomic E-state index is 12.6. The third-order valence-electron chi connectivity index (χ3n) is 3.78. The first-order valence-corrected chi connectivity index (χ1v) is 7.21. The molecule has 6 heteroatoms. The normalized spacial score (nSPS) is 18.4. The molecule has 6 nitrogen and oxygen atoms in total. The summed E-state index contributed by atoms with van der Waals surface area (Å²) in [6, 6.07) is 3.51. The first-order valence-electron chi connectivity index (χ1n) is 7.21. The van der Waals surface area contributed by atoms with E-state index in [0.29, 0.717) is 12.1 Å². The lowest BCUT2D eigenvalue weighted by atomic mass is 9.98. The summed E-state index contributed by atoms with van der Waals surface area (Å²) in [6.45, 7) is 0.673. The third kappa shape index (κ3) is 3.71. The average Bonchev–Trinajstić information content (AvgIpc) is 2.46. The van der Waals surface area contributed by atoms with Gasteiger partial charge in [-0.3, -0.25) is 9.59 Å². The molecule has 1 atom stereocenters. The van der Waals surface area contributed by atoms with Crippen molar-refractivity contribution in [1.82, 2.24) is 9.88 Å². The van der Waals surface area contributed by atoms with Crippen LogP contribution in [0.4, 0.5) is 5.82 Å². The number of hydrogen-bond donors (Lipinski definition) is 1. The molecule has 0 saturated carbocycles. The van der Waals surface area contributed by atoms with Gasteiger partial charge >= 0.3 is 0 Å². The Labute approximate surface area is 124 Å².